The first-order valence-electron chi connectivity index (χ1n) is 4.33. The van der Waals surface area contributed by atoms with Gasteiger partial charge < -0.3 is 15.7 Å². The van der Waals surface area contributed by atoms with Gasteiger partial charge in [0, 0.05) is 6.42 Å². The van der Waals surface area contributed by atoms with Crippen molar-refractivity contribution in [2.45, 2.75) is 31.8 Å². The predicted octanol–water partition coefficient (Wildman–Crippen LogP) is -1.15. The summed E-state index contributed by atoms with van der Waals surface area (Å²) in [6, 6.07) is -1.51. The number of carboxylic acids is 1. The largest absolute Gasteiger partial charge is 0.480 e. The van der Waals surface area contributed by atoms with Crippen molar-refractivity contribution in [2.24, 2.45) is 0 Å². The molecule has 0 aromatic rings. The zero-order chi connectivity index (χ0) is 10.7. The van der Waals surface area contributed by atoms with Gasteiger partial charge in [-0.3, -0.25) is 14.4 Å². The van der Waals surface area contributed by atoms with Crippen molar-refractivity contribution >= 4 is 17.8 Å². The SMILES string of the molecule is C[C@H](NC(=O)C1CCC(=O)N1)C(=O)O. The number of amides is 2. The van der Waals surface area contributed by atoms with Gasteiger partial charge in [0.05, 0.1) is 0 Å². The molecule has 1 aliphatic rings. The van der Waals surface area contributed by atoms with Crippen molar-refractivity contribution in [3.8, 4) is 0 Å². The fourth-order valence-electron chi connectivity index (χ4n) is 1.19. The first-order chi connectivity index (χ1) is 6.50. The lowest BCUT2D eigenvalue weighted by Gasteiger charge is -2.13. The number of carbonyl (C=O) groups excluding carboxylic acids is 2. The van der Waals surface area contributed by atoms with E-state index in [9.17, 15) is 14.4 Å². The molecule has 0 bridgehead atoms. The van der Waals surface area contributed by atoms with Crippen LogP contribution in [0.15, 0.2) is 0 Å². The first kappa shape index (κ1) is 10.5. The van der Waals surface area contributed by atoms with E-state index in [0.29, 0.717) is 12.8 Å². The molecule has 14 heavy (non-hydrogen) atoms. The Labute approximate surface area is 80.7 Å². The molecule has 1 aliphatic heterocycles. The highest BCUT2D eigenvalue weighted by molar-refractivity contribution is 5.92. The monoisotopic (exact) mass is 200 g/mol. The van der Waals surface area contributed by atoms with Crippen molar-refractivity contribution in [1.29, 1.82) is 0 Å². The summed E-state index contributed by atoms with van der Waals surface area (Å²) in [4.78, 5) is 32.5. The molecule has 3 N–H and O–H groups in total. The molecule has 0 radical (unpaired) electrons. The van der Waals surface area contributed by atoms with Crippen LogP contribution < -0.4 is 10.6 Å². The van der Waals surface area contributed by atoms with Crippen LogP contribution in [0.1, 0.15) is 19.8 Å². The van der Waals surface area contributed by atoms with Gasteiger partial charge in [-0.05, 0) is 13.3 Å². The van der Waals surface area contributed by atoms with E-state index in [0.717, 1.165) is 0 Å². The van der Waals surface area contributed by atoms with Crippen molar-refractivity contribution < 1.29 is 19.5 Å². The zero-order valence-corrected chi connectivity index (χ0v) is 7.74. The summed E-state index contributed by atoms with van der Waals surface area (Å²) in [5, 5.41) is 13.3. The molecule has 6 nitrogen and oxygen atoms in total. The Morgan fingerprint density at radius 1 is 1.64 bits per heavy atom. The van der Waals surface area contributed by atoms with E-state index in [1.54, 1.807) is 0 Å². The molecule has 1 heterocycles. The molecule has 0 aliphatic carbocycles. The number of carbonyl (C=O) groups is 3. The maximum Gasteiger partial charge on any atom is 0.325 e. The second kappa shape index (κ2) is 4.08. The van der Waals surface area contributed by atoms with Gasteiger partial charge in [0.2, 0.25) is 11.8 Å². The fraction of sp³-hybridized carbons (Fsp3) is 0.625. The summed E-state index contributed by atoms with van der Waals surface area (Å²) >= 11 is 0. The van der Waals surface area contributed by atoms with Gasteiger partial charge in [0.15, 0.2) is 0 Å². The molecule has 0 aromatic heterocycles. The maximum atomic E-state index is 11.3. The lowest BCUT2D eigenvalue weighted by Crippen LogP contribution is -2.47. The minimum Gasteiger partial charge on any atom is -0.480 e. The molecule has 6 heteroatoms. The standard InChI is InChI=1S/C8H12N2O4/c1-4(8(13)14)9-7(12)5-2-3-6(11)10-5/h4-5H,2-3H2,1H3,(H,9,12)(H,10,11)(H,13,14)/t4-,5?/m0/s1. The summed E-state index contributed by atoms with van der Waals surface area (Å²) in [5.41, 5.74) is 0. The highest BCUT2D eigenvalue weighted by Gasteiger charge is 2.28. The highest BCUT2D eigenvalue weighted by Crippen LogP contribution is 2.06. The zero-order valence-electron chi connectivity index (χ0n) is 7.74. The number of carboxylic acid groups (broad SMARTS) is 1. The van der Waals surface area contributed by atoms with E-state index in [4.69, 9.17) is 5.11 Å². The number of hydrogen-bond donors (Lipinski definition) is 3. The Morgan fingerprint density at radius 2 is 2.29 bits per heavy atom. The minimum atomic E-state index is -1.09. The third-order valence-corrected chi connectivity index (χ3v) is 2.04. The van der Waals surface area contributed by atoms with E-state index in [2.05, 4.69) is 10.6 Å². The normalized spacial score (nSPS) is 22.6. The smallest absolute Gasteiger partial charge is 0.325 e. The molecule has 2 atom stereocenters. The van der Waals surface area contributed by atoms with E-state index in [-0.39, 0.29) is 5.91 Å². The first-order valence-corrected chi connectivity index (χ1v) is 4.33. The Hall–Kier alpha value is -1.59. The molecule has 0 saturated carbocycles. The third-order valence-electron chi connectivity index (χ3n) is 2.04. The van der Waals surface area contributed by atoms with Crippen LogP contribution in [-0.4, -0.2) is 35.0 Å². The molecule has 1 rings (SSSR count). The Bertz CT molecular complexity index is 277. The number of rotatable bonds is 3. The molecule has 1 fully saturated rings. The summed E-state index contributed by atoms with van der Waals surface area (Å²) in [5.74, 6) is -1.71. The minimum absolute atomic E-state index is 0.173. The van der Waals surface area contributed by atoms with E-state index in [1.165, 1.54) is 6.92 Å². The van der Waals surface area contributed by atoms with Crippen molar-refractivity contribution in [1.82, 2.24) is 10.6 Å². The van der Waals surface area contributed by atoms with Crippen molar-refractivity contribution in [3.63, 3.8) is 0 Å². The lowest BCUT2D eigenvalue weighted by atomic mass is 10.2. The van der Waals surface area contributed by atoms with Crippen LogP contribution in [-0.2, 0) is 14.4 Å². The molecular weight excluding hydrogens is 188 g/mol. The molecule has 78 valence electrons. The number of nitrogens with one attached hydrogen (secondary N) is 2. The van der Waals surface area contributed by atoms with Crippen LogP contribution >= 0.6 is 0 Å². The molecule has 1 saturated heterocycles. The molecular formula is C8H12N2O4. The summed E-state index contributed by atoms with van der Waals surface area (Å²) in [6.07, 6.45) is 0.747. The Balaban J connectivity index is 2.42. The Morgan fingerprint density at radius 3 is 2.71 bits per heavy atom. The van der Waals surface area contributed by atoms with Gasteiger partial charge in [-0.15, -0.1) is 0 Å². The molecule has 0 spiro atoms. The summed E-state index contributed by atoms with van der Waals surface area (Å²) in [6.45, 7) is 1.37. The molecule has 1 unspecified atom stereocenters. The summed E-state index contributed by atoms with van der Waals surface area (Å²) in [7, 11) is 0. The Kier molecular flexibility index (Phi) is 3.06. The van der Waals surface area contributed by atoms with Gasteiger partial charge in [0.25, 0.3) is 0 Å². The summed E-state index contributed by atoms with van der Waals surface area (Å²) < 4.78 is 0. The third kappa shape index (κ3) is 2.45. The van der Waals surface area contributed by atoms with Gasteiger partial charge >= 0.3 is 5.97 Å². The highest BCUT2D eigenvalue weighted by atomic mass is 16.4. The van der Waals surface area contributed by atoms with Gasteiger partial charge in [-0.2, -0.15) is 0 Å². The second-order valence-electron chi connectivity index (χ2n) is 3.23. The van der Waals surface area contributed by atoms with Crippen molar-refractivity contribution in [2.75, 3.05) is 0 Å². The van der Waals surface area contributed by atoms with Crippen molar-refractivity contribution in [3.05, 3.63) is 0 Å². The molecule has 0 aromatic carbocycles. The number of hydrogen-bond acceptors (Lipinski definition) is 3. The second-order valence-corrected chi connectivity index (χ2v) is 3.23. The van der Waals surface area contributed by atoms with E-state index in [1.807, 2.05) is 0 Å². The average Bonchev–Trinajstić information content (AvgIpc) is 2.51. The quantitative estimate of drug-likeness (QED) is 0.536. The number of aliphatic carboxylic acids is 1. The van der Waals surface area contributed by atoms with E-state index >= 15 is 0 Å². The van der Waals surface area contributed by atoms with Crippen LogP contribution in [0.25, 0.3) is 0 Å². The fourth-order valence-corrected chi connectivity index (χ4v) is 1.19. The van der Waals surface area contributed by atoms with Crippen LogP contribution in [0.3, 0.4) is 0 Å². The van der Waals surface area contributed by atoms with Gasteiger partial charge in [-0.1, -0.05) is 0 Å². The predicted molar refractivity (Wildman–Crippen MR) is 46.4 cm³/mol. The van der Waals surface area contributed by atoms with Gasteiger partial charge in [-0.25, -0.2) is 0 Å². The lowest BCUT2D eigenvalue weighted by molar-refractivity contribution is -0.141. The van der Waals surface area contributed by atoms with Gasteiger partial charge in [0.1, 0.15) is 12.1 Å². The van der Waals surface area contributed by atoms with Crippen LogP contribution in [0.5, 0.6) is 0 Å². The average molecular weight is 200 g/mol. The maximum absolute atomic E-state index is 11.3. The van der Waals surface area contributed by atoms with E-state index < -0.39 is 24.0 Å². The van der Waals surface area contributed by atoms with Crippen LogP contribution in [0, 0.1) is 0 Å². The van der Waals surface area contributed by atoms with Crippen LogP contribution in [0.2, 0.25) is 0 Å². The molecule has 2 amide bonds. The topological polar surface area (TPSA) is 95.5 Å². The van der Waals surface area contributed by atoms with Crippen LogP contribution in [0.4, 0.5) is 0 Å².